The fourth-order valence-electron chi connectivity index (χ4n) is 7.95. The summed E-state index contributed by atoms with van der Waals surface area (Å²) in [6.45, 7) is 7.15. The number of nitrogens with zero attached hydrogens (tertiary/aromatic N) is 3. The van der Waals surface area contributed by atoms with Gasteiger partial charge in [0.1, 0.15) is 5.82 Å². The molecule has 0 bridgehead atoms. The summed E-state index contributed by atoms with van der Waals surface area (Å²) in [5, 5.41) is 19.7. The number of nitrogens with two attached hydrogens (primary N) is 1. The van der Waals surface area contributed by atoms with E-state index >= 15 is 0 Å². The van der Waals surface area contributed by atoms with Gasteiger partial charge in [-0.05, 0) is 108 Å². The molecule has 3 unspecified atom stereocenters. The van der Waals surface area contributed by atoms with E-state index in [0.717, 1.165) is 70.4 Å². The first-order valence-corrected chi connectivity index (χ1v) is 17.1. The lowest BCUT2D eigenvalue weighted by Crippen LogP contribution is -2.43. The molecule has 0 spiro atoms. The van der Waals surface area contributed by atoms with Gasteiger partial charge in [-0.1, -0.05) is 0 Å². The van der Waals surface area contributed by atoms with Crippen molar-refractivity contribution in [1.29, 1.82) is 0 Å². The summed E-state index contributed by atoms with van der Waals surface area (Å²) in [6, 6.07) is 9.89. The molecule has 2 aromatic rings. The second-order valence-electron chi connectivity index (χ2n) is 14.0. The number of fused-ring (bicyclic) bond motifs is 1. The largest absolute Gasteiger partial charge is 0.393 e. The third kappa shape index (κ3) is 7.31. The van der Waals surface area contributed by atoms with Gasteiger partial charge in [0.05, 0.1) is 17.2 Å². The van der Waals surface area contributed by atoms with Gasteiger partial charge in [0, 0.05) is 67.3 Å². The van der Waals surface area contributed by atoms with Gasteiger partial charge in [0.15, 0.2) is 0 Å². The predicted octanol–water partition coefficient (Wildman–Crippen LogP) is 3.29. The van der Waals surface area contributed by atoms with Crippen LogP contribution in [-0.2, 0) is 0 Å². The van der Waals surface area contributed by atoms with Crippen LogP contribution in [0.3, 0.4) is 0 Å². The van der Waals surface area contributed by atoms with Crippen molar-refractivity contribution < 1.29 is 19.5 Å². The van der Waals surface area contributed by atoms with E-state index < -0.39 is 5.91 Å². The number of hydrogen-bond donors (Lipinski definition) is 5. The number of carbonyl (C=O) groups is 3. The number of nitrogens with one attached hydrogen (secondary N) is 3. The molecule has 11 heteroatoms. The first-order chi connectivity index (χ1) is 22.1. The van der Waals surface area contributed by atoms with Crippen LogP contribution in [-0.4, -0.2) is 88.7 Å². The number of hydrogen-bond acceptors (Lipinski definition) is 8. The number of benzene rings is 1. The molecule has 2 aliphatic carbocycles. The monoisotopic (exact) mass is 631 g/mol. The smallest absolute Gasteiger partial charge is 0.253 e. The van der Waals surface area contributed by atoms with Crippen molar-refractivity contribution in [3.8, 4) is 0 Å². The summed E-state index contributed by atoms with van der Waals surface area (Å²) in [6.07, 6.45) is 9.26. The molecule has 11 nitrogen and oxygen atoms in total. The number of piperidine rings is 1. The van der Waals surface area contributed by atoms with E-state index in [0.29, 0.717) is 47.2 Å². The quantitative estimate of drug-likeness (QED) is 0.283. The highest BCUT2D eigenvalue weighted by Gasteiger charge is 2.41. The Balaban J connectivity index is 1.07. The molecule has 4 atom stereocenters. The normalized spacial score (nSPS) is 28.1. The van der Waals surface area contributed by atoms with Gasteiger partial charge in [-0.2, -0.15) is 0 Å². The second kappa shape index (κ2) is 14.0. The van der Waals surface area contributed by atoms with E-state index in [-0.39, 0.29) is 42.1 Å². The number of primary amides is 1. The van der Waals surface area contributed by atoms with E-state index in [2.05, 4.69) is 39.6 Å². The molecule has 3 amide bonds. The van der Waals surface area contributed by atoms with Crippen LogP contribution in [0.1, 0.15) is 103 Å². The van der Waals surface area contributed by atoms with Crippen LogP contribution >= 0.6 is 0 Å². The summed E-state index contributed by atoms with van der Waals surface area (Å²) < 4.78 is 0. The summed E-state index contributed by atoms with van der Waals surface area (Å²) in [4.78, 5) is 48.0. The number of amides is 3. The van der Waals surface area contributed by atoms with Crippen LogP contribution < -0.4 is 26.6 Å². The first kappa shape index (κ1) is 32.2. The average molecular weight is 632 g/mol. The Morgan fingerprint density at radius 1 is 0.891 bits per heavy atom. The zero-order chi connectivity index (χ0) is 32.4. The zero-order valence-corrected chi connectivity index (χ0v) is 27.1. The minimum atomic E-state index is -0.542. The second-order valence-corrected chi connectivity index (χ2v) is 14.0. The Kier molecular flexibility index (Phi) is 9.79. The van der Waals surface area contributed by atoms with E-state index in [9.17, 15) is 19.5 Å². The Hall–Kier alpha value is -3.70. The van der Waals surface area contributed by atoms with Crippen molar-refractivity contribution >= 4 is 29.2 Å². The molecule has 3 heterocycles. The molecule has 0 radical (unpaired) electrons. The summed E-state index contributed by atoms with van der Waals surface area (Å²) in [5.74, 6) is 0.541. The number of aliphatic hydroxyl groups is 1. The molecule has 46 heavy (non-hydrogen) atoms. The molecule has 4 fully saturated rings. The van der Waals surface area contributed by atoms with Gasteiger partial charge < -0.3 is 31.7 Å². The summed E-state index contributed by atoms with van der Waals surface area (Å²) in [7, 11) is 0. The average Bonchev–Trinajstić information content (AvgIpc) is 3.69. The number of aliphatic hydroxyl groups excluding tert-OH is 1. The topological polar surface area (TPSA) is 153 Å². The van der Waals surface area contributed by atoms with Crippen molar-refractivity contribution in [3.05, 3.63) is 53.2 Å². The van der Waals surface area contributed by atoms with Crippen molar-refractivity contribution in [3.63, 3.8) is 0 Å². The molecular formula is C35H49N7O4. The maximum Gasteiger partial charge on any atom is 0.253 e. The molecule has 1 aromatic heterocycles. The Morgan fingerprint density at radius 2 is 1.63 bits per heavy atom. The van der Waals surface area contributed by atoms with Gasteiger partial charge in [-0.3, -0.25) is 19.3 Å². The molecule has 2 saturated heterocycles. The molecule has 6 rings (SSSR count). The van der Waals surface area contributed by atoms with E-state index in [1.54, 1.807) is 24.4 Å². The maximum absolute atomic E-state index is 13.4. The van der Waals surface area contributed by atoms with Gasteiger partial charge in [-0.25, -0.2) is 4.98 Å². The maximum atomic E-state index is 13.4. The van der Waals surface area contributed by atoms with Crippen LogP contribution in [0, 0.1) is 5.92 Å². The van der Waals surface area contributed by atoms with Crippen LogP contribution in [0.5, 0.6) is 0 Å². The fraction of sp³-hybridized carbons (Fsp3) is 0.600. The van der Waals surface area contributed by atoms with Crippen LogP contribution in [0.4, 0.5) is 11.5 Å². The lowest BCUT2D eigenvalue weighted by atomic mass is 9.92. The van der Waals surface area contributed by atoms with Gasteiger partial charge in [0.2, 0.25) is 0 Å². The number of aromatic nitrogens is 1. The van der Waals surface area contributed by atoms with Crippen LogP contribution in [0.25, 0.3) is 0 Å². The number of carbonyl (C=O) groups excluding carboxylic acids is 3. The Bertz CT molecular complexity index is 1410. The molecule has 6 N–H and O–H groups in total. The minimum Gasteiger partial charge on any atom is -0.393 e. The molecule has 1 aromatic carbocycles. The first-order valence-electron chi connectivity index (χ1n) is 17.1. The molecule has 2 saturated carbocycles. The van der Waals surface area contributed by atoms with Crippen molar-refractivity contribution in [2.45, 2.75) is 108 Å². The third-order valence-electron chi connectivity index (χ3n) is 10.6. The third-order valence-corrected chi connectivity index (χ3v) is 10.6. The SMILES string of the molecule is CC(C)N1CC[C@@H](NC(=O)c2ccc(N3CCCC4CC(NC(=O)c5ccc(C(N)=O)c(NC6CCC(O)CC6)c5)CC43)nc2)C1. The highest BCUT2D eigenvalue weighted by molar-refractivity contribution is 6.02. The summed E-state index contributed by atoms with van der Waals surface area (Å²) >= 11 is 0. The van der Waals surface area contributed by atoms with E-state index in [4.69, 9.17) is 10.7 Å². The number of rotatable bonds is 9. The van der Waals surface area contributed by atoms with E-state index in [1.165, 1.54) is 0 Å². The highest BCUT2D eigenvalue weighted by Crippen LogP contribution is 2.39. The van der Waals surface area contributed by atoms with Crippen LogP contribution in [0.15, 0.2) is 36.5 Å². The van der Waals surface area contributed by atoms with Crippen molar-refractivity contribution in [2.24, 2.45) is 11.7 Å². The molecule has 4 aliphatic rings. The van der Waals surface area contributed by atoms with Gasteiger partial charge >= 0.3 is 0 Å². The van der Waals surface area contributed by atoms with Crippen molar-refractivity contribution in [1.82, 2.24) is 20.5 Å². The minimum absolute atomic E-state index is 0.0250. The molecule has 248 valence electrons. The molecule has 2 aliphatic heterocycles. The van der Waals surface area contributed by atoms with Crippen molar-refractivity contribution in [2.75, 3.05) is 29.9 Å². The lowest BCUT2D eigenvalue weighted by molar-refractivity contribution is 0.0928. The summed E-state index contributed by atoms with van der Waals surface area (Å²) in [5.41, 5.74) is 7.64. The standard InChI is InChI=1S/C35H49N7O4/c1-21(2)41-15-13-26(20-41)39-35(46)24-6-12-32(37-19-24)42-14-3-4-22-16-27(18-31(22)42)40-34(45)23-5-11-29(33(36)44)30(17-23)38-25-7-9-28(43)10-8-25/h5-6,11-12,17,19,21-22,25-28,31,38,43H,3-4,7-10,13-16,18,20H2,1-2H3,(H2,36,44)(H,39,46)(H,40,45)/t22?,25?,26-,27?,28?,31?/m1/s1. The van der Waals surface area contributed by atoms with Gasteiger partial charge in [-0.15, -0.1) is 0 Å². The molecular weight excluding hydrogens is 582 g/mol. The zero-order valence-electron chi connectivity index (χ0n) is 27.1. The number of pyridine rings is 1. The van der Waals surface area contributed by atoms with Crippen LogP contribution in [0.2, 0.25) is 0 Å². The predicted molar refractivity (Wildman–Crippen MR) is 178 cm³/mol. The van der Waals surface area contributed by atoms with E-state index in [1.807, 2.05) is 12.1 Å². The number of anilines is 2. The highest BCUT2D eigenvalue weighted by atomic mass is 16.3. The lowest BCUT2D eigenvalue weighted by Gasteiger charge is -2.38. The Morgan fingerprint density at radius 3 is 2.33 bits per heavy atom. The Labute approximate surface area is 271 Å². The van der Waals surface area contributed by atoms with Gasteiger partial charge in [0.25, 0.3) is 17.7 Å². The number of likely N-dealkylation sites (tertiary alicyclic amines) is 1. The fourth-order valence-corrected chi connectivity index (χ4v) is 7.95.